The van der Waals surface area contributed by atoms with Crippen LogP contribution in [0.3, 0.4) is 0 Å². The molecule has 3 N–H and O–H groups in total. The average Bonchev–Trinajstić information content (AvgIpc) is 2.59. The average molecular weight is 310 g/mol. The molecule has 1 heterocycles. The van der Waals surface area contributed by atoms with E-state index in [0.717, 1.165) is 15.7 Å². The van der Waals surface area contributed by atoms with Crippen LogP contribution in [0, 0.1) is 13.8 Å². The third-order valence-corrected chi connectivity index (χ3v) is 3.02. The SMILES string of the molecule is Cc1noc(NC(=O)c2cc(N)cc(Br)c2)c1C. The van der Waals surface area contributed by atoms with Gasteiger partial charge in [-0.25, -0.2) is 0 Å². The lowest BCUT2D eigenvalue weighted by molar-refractivity contribution is 0.102. The second-order valence-corrected chi connectivity index (χ2v) is 4.87. The summed E-state index contributed by atoms with van der Waals surface area (Å²) in [6.07, 6.45) is 0. The molecule has 94 valence electrons. The summed E-state index contributed by atoms with van der Waals surface area (Å²) in [6.45, 7) is 3.64. The standard InChI is InChI=1S/C12H12BrN3O2/c1-6-7(2)16-18-12(6)15-11(17)8-3-9(13)5-10(14)4-8/h3-5H,14H2,1-2H3,(H,15,17). The first-order valence-corrected chi connectivity index (χ1v) is 6.07. The van der Waals surface area contributed by atoms with Crippen LogP contribution in [0.15, 0.2) is 27.2 Å². The zero-order valence-corrected chi connectivity index (χ0v) is 11.5. The van der Waals surface area contributed by atoms with E-state index >= 15 is 0 Å². The maximum atomic E-state index is 12.0. The normalized spacial score (nSPS) is 10.4. The Bertz CT molecular complexity index is 587. The summed E-state index contributed by atoms with van der Waals surface area (Å²) in [7, 11) is 0. The van der Waals surface area contributed by atoms with Gasteiger partial charge >= 0.3 is 0 Å². The molecule has 1 aromatic carbocycles. The van der Waals surface area contributed by atoms with Crippen LogP contribution in [0.25, 0.3) is 0 Å². The first kappa shape index (κ1) is 12.6. The lowest BCUT2D eigenvalue weighted by atomic mass is 10.2. The Morgan fingerprint density at radius 1 is 1.39 bits per heavy atom. The summed E-state index contributed by atoms with van der Waals surface area (Å²) < 4.78 is 5.77. The summed E-state index contributed by atoms with van der Waals surface area (Å²) in [5, 5.41) is 6.43. The number of hydrogen-bond donors (Lipinski definition) is 2. The van der Waals surface area contributed by atoms with Crippen LogP contribution in [0.4, 0.5) is 11.6 Å². The highest BCUT2D eigenvalue weighted by atomic mass is 79.9. The molecular formula is C12H12BrN3O2. The van der Waals surface area contributed by atoms with Crippen molar-refractivity contribution < 1.29 is 9.32 Å². The van der Waals surface area contributed by atoms with Gasteiger partial charge < -0.3 is 10.3 Å². The quantitative estimate of drug-likeness (QED) is 0.836. The maximum absolute atomic E-state index is 12.0. The molecule has 0 fully saturated rings. The fourth-order valence-electron chi connectivity index (χ4n) is 1.45. The van der Waals surface area contributed by atoms with E-state index in [1.807, 2.05) is 13.8 Å². The van der Waals surface area contributed by atoms with Gasteiger partial charge in [0, 0.05) is 21.3 Å². The number of aryl methyl sites for hydroxylation is 1. The fourth-order valence-corrected chi connectivity index (χ4v) is 1.96. The number of benzene rings is 1. The summed E-state index contributed by atoms with van der Waals surface area (Å²) in [5.41, 5.74) is 8.21. The molecule has 6 heteroatoms. The molecule has 0 aliphatic rings. The molecular weight excluding hydrogens is 298 g/mol. The van der Waals surface area contributed by atoms with Gasteiger partial charge in [-0.05, 0) is 32.0 Å². The maximum Gasteiger partial charge on any atom is 0.258 e. The monoisotopic (exact) mass is 309 g/mol. The Labute approximate surface area is 112 Å². The van der Waals surface area contributed by atoms with E-state index in [2.05, 4.69) is 26.4 Å². The van der Waals surface area contributed by atoms with Crippen LogP contribution < -0.4 is 11.1 Å². The first-order chi connectivity index (χ1) is 8.47. The van der Waals surface area contributed by atoms with Crippen molar-refractivity contribution in [2.75, 3.05) is 11.1 Å². The van der Waals surface area contributed by atoms with Crippen molar-refractivity contribution in [1.82, 2.24) is 5.16 Å². The van der Waals surface area contributed by atoms with Crippen LogP contribution in [0.1, 0.15) is 21.6 Å². The third kappa shape index (κ3) is 2.53. The summed E-state index contributed by atoms with van der Waals surface area (Å²) in [4.78, 5) is 12.0. The van der Waals surface area contributed by atoms with E-state index in [9.17, 15) is 4.79 Å². The Balaban J connectivity index is 2.24. The zero-order valence-electron chi connectivity index (χ0n) is 9.95. The molecule has 1 aromatic heterocycles. The van der Waals surface area contributed by atoms with E-state index < -0.39 is 0 Å². The van der Waals surface area contributed by atoms with Gasteiger partial charge in [0.25, 0.3) is 5.91 Å². The Kier molecular flexibility index (Phi) is 3.38. The molecule has 0 spiro atoms. The topological polar surface area (TPSA) is 81.2 Å². The number of nitrogens with zero attached hydrogens (tertiary/aromatic N) is 1. The van der Waals surface area contributed by atoms with E-state index in [0.29, 0.717) is 17.1 Å². The number of rotatable bonds is 2. The molecule has 0 radical (unpaired) electrons. The van der Waals surface area contributed by atoms with E-state index in [1.165, 1.54) is 0 Å². The Hall–Kier alpha value is -1.82. The molecule has 5 nitrogen and oxygen atoms in total. The molecule has 0 bridgehead atoms. The molecule has 0 aliphatic heterocycles. The minimum Gasteiger partial charge on any atom is -0.399 e. The molecule has 1 amide bonds. The fraction of sp³-hybridized carbons (Fsp3) is 0.167. The van der Waals surface area contributed by atoms with Crippen molar-refractivity contribution in [3.8, 4) is 0 Å². The number of amides is 1. The van der Waals surface area contributed by atoms with Crippen LogP contribution >= 0.6 is 15.9 Å². The second kappa shape index (κ2) is 4.81. The zero-order chi connectivity index (χ0) is 13.3. The summed E-state index contributed by atoms with van der Waals surface area (Å²) >= 11 is 3.29. The highest BCUT2D eigenvalue weighted by molar-refractivity contribution is 9.10. The van der Waals surface area contributed by atoms with E-state index in [-0.39, 0.29) is 5.91 Å². The molecule has 0 aliphatic carbocycles. The van der Waals surface area contributed by atoms with Gasteiger partial charge in [0.1, 0.15) is 0 Å². The smallest absolute Gasteiger partial charge is 0.258 e. The van der Waals surface area contributed by atoms with Gasteiger partial charge in [0.05, 0.1) is 5.69 Å². The van der Waals surface area contributed by atoms with Gasteiger partial charge in [-0.1, -0.05) is 21.1 Å². The van der Waals surface area contributed by atoms with Crippen molar-refractivity contribution in [3.05, 3.63) is 39.5 Å². The molecule has 0 saturated heterocycles. The molecule has 2 aromatic rings. The molecule has 0 atom stereocenters. The van der Waals surface area contributed by atoms with Crippen molar-refractivity contribution in [2.24, 2.45) is 0 Å². The summed E-state index contributed by atoms with van der Waals surface area (Å²) in [5.74, 6) is 0.0679. The largest absolute Gasteiger partial charge is 0.399 e. The Morgan fingerprint density at radius 2 is 2.11 bits per heavy atom. The number of halogens is 1. The van der Waals surface area contributed by atoms with Gasteiger partial charge in [0.15, 0.2) is 0 Å². The van der Waals surface area contributed by atoms with Crippen LogP contribution in [0.2, 0.25) is 0 Å². The van der Waals surface area contributed by atoms with Crippen molar-refractivity contribution in [1.29, 1.82) is 0 Å². The molecule has 2 rings (SSSR count). The highest BCUT2D eigenvalue weighted by Crippen LogP contribution is 2.21. The van der Waals surface area contributed by atoms with Gasteiger partial charge in [-0.2, -0.15) is 0 Å². The van der Waals surface area contributed by atoms with E-state index in [1.54, 1.807) is 18.2 Å². The van der Waals surface area contributed by atoms with Crippen LogP contribution in [-0.2, 0) is 0 Å². The lowest BCUT2D eigenvalue weighted by Crippen LogP contribution is -2.12. The lowest BCUT2D eigenvalue weighted by Gasteiger charge is -2.04. The molecule has 0 saturated carbocycles. The van der Waals surface area contributed by atoms with Crippen LogP contribution in [-0.4, -0.2) is 11.1 Å². The highest BCUT2D eigenvalue weighted by Gasteiger charge is 2.13. The van der Waals surface area contributed by atoms with Crippen LogP contribution in [0.5, 0.6) is 0 Å². The predicted molar refractivity (Wildman–Crippen MR) is 72.5 cm³/mol. The third-order valence-electron chi connectivity index (χ3n) is 2.57. The number of nitrogen functional groups attached to an aromatic ring is 1. The van der Waals surface area contributed by atoms with Gasteiger partial charge in [-0.3, -0.25) is 10.1 Å². The minimum absolute atomic E-state index is 0.290. The molecule has 0 unspecified atom stereocenters. The van der Waals surface area contributed by atoms with Crippen molar-refractivity contribution in [3.63, 3.8) is 0 Å². The number of hydrogen-bond acceptors (Lipinski definition) is 4. The van der Waals surface area contributed by atoms with E-state index in [4.69, 9.17) is 10.3 Å². The van der Waals surface area contributed by atoms with Gasteiger partial charge in [0.2, 0.25) is 5.88 Å². The molecule has 18 heavy (non-hydrogen) atoms. The number of nitrogens with two attached hydrogens (primary N) is 1. The first-order valence-electron chi connectivity index (χ1n) is 5.27. The predicted octanol–water partition coefficient (Wildman–Crippen LogP) is 2.89. The summed E-state index contributed by atoms with van der Waals surface area (Å²) in [6, 6.07) is 5.00. The second-order valence-electron chi connectivity index (χ2n) is 3.95. The van der Waals surface area contributed by atoms with Gasteiger partial charge in [-0.15, -0.1) is 0 Å². The van der Waals surface area contributed by atoms with Crippen molar-refractivity contribution >= 4 is 33.4 Å². The number of carbonyl (C=O) groups excluding carboxylic acids is 1. The number of nitrogens with one attached hydrogen (secondary N) is 1. The number of anilines is 2. The number of carbonyl (C=O) groups is 1. The minimum atomic E-state index is -0.290. The van der Waals surface area contributed by atoms with Crippen molar-refractivity contribution in [2.45, 2.75) is 13.8 Å². The Morgan fingerprint density at radius 3 is 2.67 bits per heavy atom. The number of aromatic nitrogens is 1.